The molecule has 0 spiro atoms. The fraction of sp³-hybridized carbons (Fsp3) is 0.667. The van der Waals surface area contributed by atoms with E-state index in [-0.39, 0.29) is 5.43 Å². The van der Waals surface area contributed by atoms with Crippen molar-refractivity contribution in [2.45, 2.75) is 39.5 Å². The fourth-order valence-corrected chi connectivity index (χ4v) is 1.95. The summed E-state index contributed by atoms with van der Waals surface area (Å²) < 4.78 is 0.450. The molecule has 0 atom stereocenters. The van der Waals surface area contributed by atoms with Gasteiger partial charge in [0.25, 0.3) is 0 Å². The molecule has 90 valence electrons. The number of rotatable bonds is 8. The van der Waals surface area contributed by atoms with Crippen molar-refractivity contribution in [1.82, 2.24) is 0 Å². The third-order valence-corrected chi connectivity index (χ3v) is 2.99. The van der Waals surface area contributed by atoms with E-state index in [0.717, 1.165) is 25.2 Å². The first kappa shape index (κ1) is 13.2. The van der Waals surface area contributed by atoms with Gasteiger partial charge in [0.2, 0.25) is 5.43 Å². The van der Waals surface area contributed by atoms with E-state index in [0.29, 0.717) is 10.2 Å². The highest BCUT2D eigenvalue weighted by molar-refractivity contribution is 7.71. The molecule has 1 aromatic carbocycles. The van der Waals surface area contributed by atoms with Gasteiger partial charge in [-0.2, -0.15) is 0 Å². The van der Waals surface area contributed by atoms with E-state index in [1.165, 1.54) is 19.3 Å². The molecule has 0 aliphatic heterocycles. The zero-order valence-electron chi connectivity index (χ0n) is 10.1. The van der Waals surface area contributed by atoms with Crippen LogP contribution in [0.25, 0.3) is 0 Å². The van der Waals surface area contributed by atoms with Crippen LogP contribution < -0.4 is 16.1 Å². The van der Waals surface area contributed by atoms with Crippen molar-refractivity contribution in [3.63, 3.8) is 0 Å². The first-order valence-electron chi connectivity index (χ1n) is 6.03. The minimum atomic E-state index is -0.0205. The van der Waals surface area contributed by atoms with Crippen molar-refractivity contribution < 1.29 is 0 Å². The topological polar surface area (TPSA) is 41.1 Å². The van der Waals surface area contributed by atoms with E-state index < -0.39 is 0 Å². The van der Waals surface area contributed by atoms with Crippen molar-refractivity contribution >= 4 is 23.6 Å². The number of unbranched alkanes of at least 4 members (excludes halogenated alkanes) is 3. The minimum absolute atomic E-state index is 0.0205. The lowest BCUT2D eigenvalue weighted by Crippen LogP contribution is -2.21. The van der Waals surface area contributed by atoms with Gasteiger partial charge in [0.05, 0.1) is 5.69 Å². The van der Waals surface area contributed by atoms with Crippen LogP contribution in [0.1, 0.15) is 39.5 Å². The van der Waals surface area contributed by atoms with Gasteiger partial charge >= 0.3 is 0 Å². The number of nitrogens with one attached hydrogen (secondary N) is 2. The molecule has 3 nitrogen and oxygen atoms in total. The molecule has 0 heterocycles. The van der Waals surface area contributed by atoms with Crippen molar-refractivity contribution in [3.05, 3.63) is 14.7 Å². The molecule has 0 saturated heterocycles. The first-order valence-corrected chi connectivity index (χ1v) is 6.44. The Morgan fingerprint density at radius 2 is 1.81 bits per heavy atom. The van der Waals surface area contributed by atoms with Gasteiger partial charge in [0, 0.05) is 13.1 Å². The van der Waals surface area contributed by atoms with Crippen molar-refractivity contribution in [3.8, 4) is 0 Å². The summed E-state index contributed by atoms with van der Waals surface area (Å²) in [7, 11) is 0. The Bertz CT molecular complexity index is 394. The third kappa shape index (κ3) is 3.04. The SMILES string of the molecule is CCCCCCNc1c(NCC)c(=O)c1=S. The van der Waals surface area contributed by atoms with Gasteiger partial charge in [-0.15, -0.1) is 0 Å². The van der Waals surface area contributed by atoms with Crippen LogP contribution in [0, 0.1) is 4.51 Å². The van der Waals surface area contributed by atoms with Crippen molar-refractivity contribution in [2.24, 2.45) is 0 Å². The maximum atomic E-state index is 11.4. The second-order valence-electron chi connectivity index (χ2n) is 3.93. The van der Waals surface area contributed by atoms with Crippen LogP contribution in [0.4, 0.5) is 11.4 Å². The summed E-state index contributed by atoms with van der Waals surface area (Å²) in [4.78, 5) is 11.4. The molecular formula is C12H20N2OS. The van der Waals surface area contributed by atoms with Crippen molar-refractivity contribution in [2.75, 3.05) is 23.7 Å². The highest BCUT2D eigenvalue weighted by Crippen LogP contribution is 2.22. The molecule has 0 fully saturated rings. The monoisotopic (exact) mass is 240 g/mol. The highest BCUT2D eigenvalue weighted by Gasteiger charge is 2.15. The lowest BCUT2D eigenvalue weighted by Gasteiger charge is -2.15. The molecule has 4 heteroatoms. The molecule has 0 amide bonds. The molecule has 0 saturated carbocycles. The summed E-state index contributed by atoms with van der Waals surface area (Å²) in [5.41, 5.74) is 1.49. The average molecular weight is 240 g/mol. The Balaban J connectivity index is 2.39. The second kappa shape index (κ2) is 6.63. The molecule has 1 aromatic rings. The molecule has 0 unspecified atom stereocenters. The van der Waals surface area contributed by atoms with Gasteiger partial charge in [-0.05, 0) is 13.3 Å². The van der Waals surface area contributed by atoms with Crippen LogP contribution in [-0.2, 0) is 0 Å². The van der Waals surface area contributed by atoms with Crippen molar-refractivity contribution in [1.29, 1.82) is 0 Å². The lowest BCUT2D eigenvalue weighted by atomic mass is 10.1. The lowest BCUT2D eigenvalue weighted by molar-refractivity contribution is 0.685. The molecule has 0 aliphatic rings. The van der Waals surface area contributed by atoms with Gasteiger partial charge in [0.15, 0.2) is 0 Å². The van der Waals surface area contributed by atoms with Gasteiger partial charge < -0.3 is 10.6 Å². The largest absolute Gasteiger partial charge is 0.382 e. The van der Waals surface area contributed by atoms with Gasteiger partial charge in [0.1, 0.15) is 10.2 Å². The Kier molecular flexibility index (Phi) is 5.46. The summed E-state index contributed by atoms with van der Waals surface area (Å²) >= 11 is 5.01. The van der Waals surface area contributed by atoms with Crippen LogP contribution in [0.15, 0.2) is 4.79 Å². The summed E-state index contributed by atoms with van der Waals surface area (Å²) in [6.07, 6.45) is 4.87. The van der Waals surface area contributed by atoms with E-state index >= 15 is 0 Å². The Labute approximate surface area is 102 Å². The normalized spacial score (nSPS) is 10.6. The highest BCUT2D eigenvalue weighted by atomic mass is 32.1. The number of anilines is 2. The predicted octanol–water partition coefficient (Wildman–Crippen LogP) is 3.08. The molecular weight excluding hydrogens is 220 g/mol. The summed E-state index contributed by atoms with van der Waals surface area (Å²) in [5.74, 6) is 0. The van der Waals surface area contributed by atoms with Crippen LogP contribution in [-0.4, -0.2) is 13.1 Å². The first-order chi connectivity index (χ1) is 7.72. The van der Waals surface area contributed by atoms with Gasteiger partial charge in [-0.1, -0.05) is 38.4 Å². The molecule has 0 aromatic heterocycles. The fourth-order valence-electron chi connectivity index (χ4n) is 1.67. The third-order valence-electron chi connectivity index (χ3n) is 2.60. The van der Waals surface area contributed by atoms with Crippen LogP contribution in [0.2, 0.25) is 0 Å². The van der Waals surface area contributed by atoms with E-state index in [4.69, 9.17) is 12.2 Å². The molecule has 16 heavy (non-hydrogen) atoms. The van der Waals surface area contributed by atoms with E-state index in [9.17, 15) is 4.79 Å². The zero-order valence-corrected chi connectivity index (χ0v) is 10.9. The van der Waals surface area contributed by atoms with Crippen LogP contribution in [0.3, 0.4) is 0 Å². The average Bonchev–Trinajstić information content (AvgIpc) is 2.31. The van der Waals surface area contributed by atoms with Crippen LogP contribution in [0.5, 0.6) is 0 Å². The summed E-state index contributed by atoms with van der Waals surface area (Å²) in [6.45, 7) is 5.82. The molecule has 0 radical (unpaired) electrons. The van der Waals surface area contributed by atoms with E-state index in [1.54, 1.807) is 0 Å². The van der Waals surface area contributed by atoms with Crippen LogP contribution >= 0.6 is 12.2 Å². The maximum absolute atomic E-state index is 11.4. The molecule has 2 N–H and O–H groups in total. The molecule has 0 bridgehead atoms. The Hall–Kier alpha value is -0.900. The molecule has 1 rings (SSSR count). The van der Waals surface area contributed by atoms with E-state index in [2.05, 4.69) is 17.6 Å². The predicted molar refractivity (Wildman–Crippen MR) is 72.7 cm³/mol. The summed E-state index contributed by atoms with van der Waals surface area (Å²) in [6, 6.07) is 0. The quantitative estimate of drug-likeness (QED) is 0.541. The molecule has 0 aliphatic carbocycles. The summed E-state index contributed by atoms with van der Waals surface area (Å²) in [5, 5.41) is 6.29. The second-order valence-corrected chi connectivity index (χ2v) is 4.33. The van der Waals surface area contributed by atoms with Gasteiger partial charge in [-0.3, -0.25) is 4.79 Å². The zero-order chi connectivity index (χ0) is 12.0. The Morgan fingerprint density at radius 3 is 2.44 bits per heavy atom. The number of hydrogen-bond acceptors (Lipinski definition) is 4. The maximum Gasteiger partial charge on any atom is 0.223 e. The van der Waals surface area contributed by atoms with E-state index in [1.807, 2.05) is 6.92 Å². The Morgan fingerprint density at radius 1 is 1.06 bits per heavy atom. The standard InChI is InChI=1S/C12H20N2OS/c1-3-5-6-7-8-14-10-9(13-4-2)11(15)12(10)16/h13-14H,3-8H2,1-2H3. The van der Waals surface area contributed by atoms with Gasteiger partial charge in [-0.25, -0.2) is 0 Å². The minimum Gasteiger partial charge on any atom is -0.382 e. The smallest absolute Gasteiger partial charge is 0.223 e. The number of hydrogen-bond donors (Lipinski definition) is 2.